The first-order chi connectivity index (χ1) is 9.25. The van der Waals surface area contributed by atoms with E-state index in [2.05, 4.69) is 42.2 Å². The van der Waals surface area contributed by atoms with Gasteiger partial charge in [-0.1, -0.05) is 37.3 Å². The highest BCUT2D eigenvalue weighted by atomic mass is 16.1. The molecule has 0 spiro atoms. The molecule has 2 nitrogen and oxygen atoms in total. The average Bonchev–Trinajstić information content (AvgIpc) is 2.46. The van der Waals surface area contributed by atoms with Crippen LogP contribution in [0.2, 0.25) is 0 Å². The van der Waals surface area contributed by atoms with Gasteiger partial charge in [-0.05, 0) is 31.2 Å². The predicted octanol–water partition coefficient (Wildman–Crippen LogP) is 3.54. The van der Waals surface area contributed by atoms with E-state index in [1.807, 2.05) is 0 Å². The lowest BCUT2D eigenvalue weighted by atomic mass is 9.84. The van der Waals surface area contributed by atoms with Crippen LogP contribution in [0.3, 0.4) is 0 Å². The van der Waals surface area contributed by atoms with Crippen molar-refractivity contribution < 1.29 is 4.79 Å². The van der Waals surface area contributed by atoms with Gasteiger partial charge in [0, 0.05) is 30.3 Å². The molecule has 19 heavy (non-hydrogen) atoms. The Hall–Kier alpha value is -1.57. The Morgan fingerprint density at radius 1 is 1.16 bits per heavy atom. The van der Waals surface area contributed by atoms with Crippen molar-refractivity contribution >= 4 is 5.78 Å². The lowest BCUT2D eigenvalue weighted by Gasteiger charge is -2.38. The minimum atomic E-state index is 0.153. The van der Waals surface area contributed by atoms with Gasteiger partial charge in [0.05, 0.1) is 0 Å². The van der Waals surface area contributed by atoms with E-state index in [9.17, 15) is 4.79 Å². The first-order valence-corrected chi connectivity index (χ1v) is 7.31. The van der Waals surface area contributed by atoms with Gasteiger partial charge in [-0.25, -0.2) is 0 Å². The van der Waals surface area contributed by atoms with Gasteiger partial charge in [-0.2, -0.15) is 0 Å². The zero-order valence-electron chi connectivity index (χ0n) is 11.6. The van der Waals surface area contributed by atoms with E-state index in [4.69, 9.17) is 0 Å². The molecule has 1 heterocycles. The summed E-state index contributed by atoms with van der Waals surface area (Å²) in [5.74, 6) is 0.555. The minimum Gasteiger partial charge on any atom is -0.369 e. The van der Waals surface area contributed by atoms with Crippen LogP contribution in [0.5, 0.6) is 0 Å². The molecule has 0 radical (unpaired) electrons. The summed E-state index contributed by atoms with van der Waals surface area (Å²) in [6, 6.07) is 10.6. The van der Waals surface area contributed by atoms with Crippen LogP contribution in [-0.2, 0) is 11.3 Å². The fourth-order valence-corrected chi connectivity index (χ4v) is 3.29. The van der Waals surface area contributed by atoms with E-state index in [0.29, 0.717) is 5.78 Å². The number of ketones is 1. The third-order valence-electron chi connectivity index (χ3n) is 4.28. The summed E-state index contributed by atoms with van der Waals surface area (Å²) in [5, 5.41) is 0. The highest BCUT2D eigenvalue weighted by Gasteiger charge is 2.32. The first-order valence-electron chi connectivity index (χ1n) is 7.31. The molecule has 0 fully saturated rings. The molecular weight excluding hydrogens is 234 g/mol. The van der Waals surface area contributed by atoms with E-state index in [0.717, 1.165) is 31.5 Å². The van der Waals surface area contributed by atoms with E-state index >= 15 is 0 Å². The van der Waals surface area contributed by atoms with Crippen molar-refractivity contribution in [3.63, 3.8) is 0 Å². The number of allylic oxidation sites excluding steroid dienone is 2. The fourth-order valence-electron chi connectivity index (χ4n) is 3.29. The maximum absolute atomic E-state index is 12.3. The standard InChI is InChI=1S/C17H21NO/c1-13-11-18(12-14-7-3-2-4-8-14)16-10-6-5-9-15(16)17(13)19/h2-4,7-8,13H,5-6,9-12H2,1H3. The summed E-state index contributed by atoms with van der Waals surface area (Å²) in [5.41, 5.74) is 3.79. The Balaban J connectivity index is 1.88. The molecule has 2 heteroatoms. The van der Waals surface area contributed by atoms with Crippen LogP contribution in [0.25, 0.3) is 0 Å². The van der Waals surface area contributed by atoms with Gasteiger partial charge in [0.25, 0.3) is 0 Å². The highest BCUT2D eigenvalue weighted by Crippen LogP contribution is 2.34. The van der Waals surface area contributed by atoms with Gasteiger partial charge in [-0.15, -0.1) is 0 Å². The molecule has 0 saturated carbocycles. The number of carbonyl (C=O) groups is 1. The van der Waals surface area contributed by atoms with Gasteiger partial charge in [-0.3, -0.25) is 4.79 Å². The lowest BCUT2D eigenvalue weighted by Crippen LogP contribution is -2.39. The van der Waals surface area contributed by atoms with Crippen molar-refractivity contribution in [2.45, 2.75) is 39.2 Å². The Bertz CT molecular complexity index is 503. The number of hydrogen-bond acceptors (Lipinski definition) is 2. The topological polar surface area (TPSA) is 20.3 Å². The zero-order valence-corrected chi connectivity index (χ0v) is 11.6. The van der Waals surface area contributed by atoms with E-state index < -0.39 is 0 Å². The summed E-state index contributed by atoms with van der Waals surface area (Å²) in [4.78, 5) is 14.7. The van der Waals surface area contributed by atoms with Crippen LogP contribution < -0.4 is 0 Å². The van der Waals surface area contributed by atoms with Crippen LogP contribution >= 0.6 is 0 Å². The van der Waals surface area contributed by atoms with Crippen molar-refractivity contribution in [1.29, 1.82) is 0 Å². The van der Waals surface area contributed by atoms with Crippen LogP contribution in [0.4, 0.5) is 0 Å². The molecule has 2 aliphatic rings. The summed E-state index contributed by atoms with van der Waals surface area (Å²) in [6.07, 6.45) is 4.48. The Morgan fingerprint density at radius 3 is 2.68 bits per heavy atom. The van der Waals surface area contributed by atoms with Crippen molar-refractivity contribution in [3.8, 4) is 0 Å². The molecular formula is C17H21NO. The number of rotatable bonds is 2. The van der Waals surface area contributed by atoms with Crippen molar-refractivity contribution in [2.75, 3.05) is 6.54 Å². The van der Waals surface area contributed by atoms with Gasteiger partial charge in [0.1, 0.15) is 0 Å². The third kappa shape index (κ3) is 2.44. The monoisotopic (exact) mass is 255 g/mol. The molecule has 1 aromatic rings. The largest absolute Gasteiger partial charge is 0.369 e. The Kier molecular flexibility index (Phi) is 3.41. The third-order valence-corrected chi connectivity index (χ3v) is 4.28. The van der Waals surface area contributed by atoms with Gasteiger partial charge in [0.15, 0.2) is 5.78 Å². The molecule has 0 saturated heterocycles. The molecule has 0 aromatic heterocycles. The Labute approximate surface area is 115 Å². The smallest absolute Gasteiger partial charge is 0.165 e. The molecule has 0 amide bonds. The van der Waals surface area contributed by atoms with E-state index in [1.54, 1.807) is 0 Å². The molecule has 1 unspecified atom stereocenters. The van der Waals surface area contributed by atoms with Gasteiger partial charge < -0.3 is 4.90 Å². The molecule has 3 rings (SSSR count). The molecule has 0 bridgehead atoms. The van der Waals surface area contributed by atoms with Crippen molar-refractivity contribution in [2.24, 2.45) is 5.92 Å². The number of nitrogens with zero attached hydrogens (tertiary/aromatic N) is 1. The molecule has 1 atom stereocenters. The van der Waals surface area contributed by atoms with Crippen molar-refractivity contribution in [3.05, 3.63) is 47.2 Å². The maximum Gasteiger partial charge on any atom is 0.165 e. The maximum atomic E-state index is 12.3. The summed E-state index contributed by atoms with van der Waals surface area (Å²) in [6.45, 7) is 3.89. The molecule has 1 aromatic carbocycles. The minimum absolute atomic E-state index is 0.153. The summed E-state index contributed by atoms with van der Waals surface area (Å²) in [7, 11) is 0. The van der Waals surface area contributed by atoms with Crippen LogP contribution in [0.15, 0.2) is 41.6 Å². The number of carbonyl (C=O) groups excluding carboxylic acids is 1. The summed E-state index contributed by atoms with van der Waals surface area (Å²) >= 11 is 0. The average molecular weight is 255 g/mol. The summed E-state index contributed by atoms with van der Waals surface area (Å²) < 4.78 is 0. The number of benzene rings is 1. The lowest BCUT2D eigenvalue weighted by molar-refractivity contribution is -0.120. The second-order valence-electron chi connectivity index (χ2n) is 5.76. The molecule has 100 valence electrons. The molecule has 1 aliphatic heterocycles. The normalized spacial score (nSPS) is 23.5. The zero-order chi connectivity index (χ0) is 13.2. The van der Waals surface area contributed by atoms with Crippen LogP contribution in [0.1, 0.15) is 38.2 Å². The quantitative estimate of drug-likeness (QED) is 0.805. The van der Waals surface area contributed by atoms with E-state index in [1.165, 1.54) is 24.1 Å². The van der Waals surface area contributed by atoms with Gasteiger partial charge in [0.2, 0.25) is 0 Å². The number of hydrogen-bond donors (Lipinski definition) is 0. The Morgan fingerprint density at radius 2 is 1.89 bits per heavy atom. The second kappa shape index (κ2) is 5.20. The van der Waals surface area contributed by atoms with Gasteiger partial charge >= 0.3 is 0 Å². The highest BCUT2D eigenvalue weighted by molar-refractivity contribution is 5.98. The SMILES string of the molecule is CC1CN(Cc2ccccc2)C2=C(CCCC2)C1=O. The molecule has 1 aliphatic carbocycles. The molecule has 0 N–H and O–H groups in total. The van der Waals surface area contributed by atoms with Crippen LogP contribution in [-0.4, -0.2) is 17.2 Å². The fraction of sp³-hybridized carbons (Fsp3) is 0.471. The first kappa shape index (κ1) is 12.5. The predicted molar refractivity (Wildman–Crippen MR) is 76.5 cm³/mol. The van der Waals surface area contributed by atoms with Crippen LogP contribution in [0, 0.1) is 5.92 Å². The van der Waals surface area contributed by atoms with E-state index in [-0.39, 0.29) is 5.92 Å². The number of Topliss-reactive ketones (excluding diaryl/α,β-unsaturated/α-hetero) is 1. The second-order valence-corrected chi connectivity index (χ2v) is 5.76. The van der Waals surface area contributed by atoms with Crippen molar-refractivity contribution in [1.82, 2.24) is 4.90 Å².